The van der Waals surface area contributed by atoms with Crippen molar-refractivity contribution in [3.05, 3.63) is 51.5 Å². The zero-order valence-corrected chi connectivity index (χ0v) is 18.4. The van der Waals surface area contributed by atoms with Crippen LogP contribution in [0.2, 0.25) is 5.02 Å². The maximum absolute atomic E-state index is 12.3. The predicted octanol–water partition coefficient (Wildman–Crippen LogP) is 5.13. The van der Waals surface area contributed by atoms with Gasteiger partial charge in [-0.25, -0.2) is 0 Å². The normalized spacial score (nSPS) is 10.9. The SMILES string of the molecule is CCn1c(SCC(=O)Nc2ccc(C)c(Cl)c2)nnc1-c1cc(Br)ccc1O. The van der Waals surface area contributed by atoms with Gasteiger partial charge in [0.25, 0.3) is 0 Å². The molecule has 2 N–H and O–H groups in total. The average molecular weight is 482 g/mol. The number of thioether (sulfide) groups is 1. The van der Waals surface area contributed by atoms with Crippen molar-refractivity contribution in [2.24, 2.45) is 0 Å². The van der Waals surface area contributed by atoms with Gasteiger partial charge in [0.05, 0.1) is 11.3 Å². The van der Waals surface area contributed by atoms with Crippen LogP contribution in [0.15, 0.2) is 46.0 Å². The minimum atomic E-state index is -0.164. The van der Waals surface area contributed by atoms with Crippen molar-refractivity contribution >= 4 is 50.9 Å². The maximum Gasteiger partial charge on any atom is 0.234 e. The minimum Gasteiger partial charge on any atom is -0.507 e. The van der Waals surface area contributed by atoms with Gasteiger partial charge in [-0.1, -0.05) is 45.4 Å². The van der Waals surface area contributed by atoms with E-state index in [1.54, 1.807) is 24.3 Å². The number of aryl methyl sites for hydroxylation is 1. The van der Waals surface area contributed by atoms with Crippen LogP contribution in [-0.2, 0) is 11.3 Å². The summed E-state index contributed by atoms with van der Waals surface area (Å²) in [7, 11) is 0. The topological polar surface area (TPSA) is 80.0 Å². The highest BCUT2D eigenvalue weighted by Gasteiger charge is 2.17. The number of aromatic hydroxyl groups is 1. The van der Waals surface area contributed by atoms with E-state index in [1.807, 2.05) is 30.5 Å². The number of phenolic OH excluding ortho intramolecular Hbond substituents is 1. The molecular weight excluding hydrogens is 464 g/mol. The van der Waals surface area contributed by atoms with E-state index in [4.69, 9.17) is 11.6 Å². The molecule has 6 nitrogen and oxygen atoms in total. The fourth-order valence-electron chi connectivity index (χ4n) is 2.56. The molecule has 0 atom stereocenters. The van der Waals surface area contributed by atoms with E-state index >= 15 is 0 Å². The van der Waals surface area contributed by atoms with Gasteiger partial charge in [0.15, 0.2) is 11.0 Å². The number of nitrogens with zero attached hydrogens (tertiary/aromatic N) is 3. The first kappa shape index (κ1) is 20.7. The molecule has 0 aliphatic rings. The van der Waals surface area contributed by atoms with E-state index in [0.29, 0.717) is 33.8 Å². The van der Waals surface area contributed by atoms with Gasteiger partial charge in [0, 0.05) is 21.7 Å². The molecular formula is C19H18BrClN4O2S. The van der Waals surface area contributed by atoms with E-state index in [9.17, 15) is 9.90 Å². The number of amides is 1. The van der Waals surface area contributed by atoms with E-state index < -0.39 is 0 Å². The number of rotatable bonds is 6. The number of anilines is 1. The van der Waals surface area contributed by atoms with Gasteiger partial charge < -0.3 is 15.0 Å². The van der Waals surface area contributed by atoms with Crippen molar-refractivity contribution in [3.8, 4) is 17.1 Å². The first-order valence-corrected chi connectivity index (χ1v) is 10.7. The van der Waals surface area contributed by atoms with E-state index in [1.165, 1.54) is 11.8 Å². The maximum atomic E-state index is 12.3. The second-order valence-corrected chi connectivity index (χ2v) is 8.28. The van der Waals surface area contributed by atoms with Crippen molar-refractivity contribution in [3.63, 3.8) is 0 Å². The van der Waals surface area contributed by atoms with Crippen LogP contribution in [0.5, 0.6) is 5.75 Å². The molecule has 0 unspecified atom stereocenters. The molecule has 0 spiro atoms. The van der Waals surface area contributed by atoms with Gasteiger partial charge in [0.1, 0.15) is 5.75 Å². The molecule has 0 saturated carbocycles. The van der Waals surface area contributed by atoms with E-state index in [2.05, 4.69) is 31.4 Å². The molecule has 0 fully saturated rings. The monoisotopic (exact) mass is 480 g/mol. The van der Waals surface area contributed by atoms with Gasteiger partial charge in [-0.05, 0) is 49.7 Å². The summed E-state index contributed by atoms with van der Waals surface area (Å²) < 4.78 is 2.69. The number of hydrogen-bond acceptors (Lipinski definition) is 5. The summed E-state index contributed by atoms with van der Waals surface area (Å²) in [4.78, 5) is 12.3. The second-order valence-electron chi connectivity index (χ2n) is 6.01. The Balaban J connectivity index is 1.72. The minimum absolute atomic E-state index is 0.121. The number of aromatic nitrogens is 3. The quantitative estimate of drug-likeness (QED) is 0.477. The van der Waals surface area contributed by atoms with Crippen LogP contribution in [0.1, 0.15) is 12.5 Å². The third-order valence-corrected chi connectivity index (χ3v) is 5.89. The Labute approximate surface area is 180 Å². The van der Waals surface area contributed by atoms with Crippen LogP contribution in [0, 0.1) is 6.92 Å². The lowest BCUT2D eigenvalue weighted by atomic mass is 10.2. The highest BCUT2D eigenvalue weighted by molar-refractivity contribution is 9.10. The summed E-state index contributed by atoms with van der Waals surface area (Å²) in [5.74, 6) is 0.682. The number of hydrogen-bond donors (Lipinski definition) is 2. The van der Waals surface area contributed by atoms with Crippen LogP contribution in [0.4, 0.5) is 5.69 Å². The second kappa shape index (κ2) is 8.98. The zero-order valence-electron chi connectivity index (χ0n) is 15.2. The van der Waals surface area contributed by atoms with Crippen molar-refractivity contribution in [1.82, 2.24) is 14.8 Å². The molecule has 0 aliphatic carbocycles. The highest BCUT2D eigenvalue weighted by atomic mass is 79.9. The molecule has 2 aromatic carbocycles. The summed E-state index contributed by atoms with van der Waals surface area (Å²) in [5.41, 5.74) is 2.18. The molecule has 0 bridgehead atoms. The van der Waals surface area contributed by atoms with E-state index in [0.717, 1.165) is 10.0 Å². The summed E-state index contributed by atoms with van der Waals surface area (Å²) in [6.45, 7) is 4.47. The molecule has 1 amide bonds. The van der Waals surface area contributed by atoms with Crippen LogP contribution in [-0.4, -0.2) is 31.5 Å². The zero-order chi connectivity index (χ0) is 20.3. The fourth-order valence-corrected chi connectivity index (χ4v) is 3.91. The third kappa shape index (κ3) is 4.68. The van der Waals surface area contributed by atoms with Crippen molar-refractivity contribution in [2.75, 3.05) is 11.1 Å². The molecule has 0 radical (unpaired) electrons. The lowest BCUT2D eigenvalue weighted by Crippen LogP contribution is -2.14. The number of benzene rings is 2. The standard InChI is InChI=1S/C19H18BrClN4O2S/c1-3-25-18(14-8-12(20)5-7-16(14)26)23-24-19(25)28-10-17(27)22-13-6-4-11(2)15(21)9-13/h4-9,26H,3,10H2,1-2H3,(H,22,27). The Morgan fingerprint density at radius 2 is 2.07 bits per heavy atom. The first-order valence-electron chi connectivity index (χ1n) is 8.50. The molecule has 0 aliphatic heterocycles. The number of phenols is 1. The predicted molar refractivity (Wildman–Crippen MR) is 116 cm³/mol. The number of nitrogens with one attached hydrogen (secondary N) is 1. The molecule has 28 heavy (non-hydrogen) atoms. The Morgan fingerprint density at radius 1 is 1.29 bits per heavy atom. The Morgan fingerprint density at radius 3 is 2.79 bits per heavy atom. The summed E-state index contributed by atoms with van der Waals surface area (Å²) in [5, 5.41) is 22.6. The fraction of sp³-hybridized carbons (Fsp3) is 0.211. The smallest absolute Gasteiger partial charge is 0.234 e. The van der Waals surface area contributed by atoms with Crippen molar-refractivity contribution < 1.29 is 9.90 Å². The molecule has 0 saturated heterocycles. The van der Waals surface area contributed by atoms with Gasteiger partial charge in [0.2, 0.25) is 5.91 Å². The van der Waals surface area contributed by atoms with Gasteiger partial charge in [-0.3, -0.25) is 4.79 Å². The Hall–Kier alpha value is -2.03. The van der Waals surface area contributed by atoms with Crippen LogP contribution in [0.3, 0.4) is 0 Å². The van der Waals surface area contributed by atoms with Gasteiger partial charge in [-0.15, -0.1) is 10.2 Å². The van der Waals surface area contributed by atoms with Crippen LogP contribution in [0.25, 0.3) is 11.4 Å². The van der Waals surface area contributed by atoms with Gasteiger partial charge >= 0.3 is 0 Å². The first-order chi connectivity index (χ1) is 13.4. The Bertz CT molecular complexity index is 1030. The highest BCUT2D eigenvalue weighted by Crippen LogP contribution is 2.32. The average Bonchev–Trinajstić information content (AvgIpc) is 3.07. The molecule has 3 rings (SSSR count). The van der Waals surface area contributed by atoms with E-state index in [-0.39, 0.29) is 17.4 Å². The van der Waals surface area contributed by atoms with Crippen LogP contribution < -0.4 is 5.32 Å². The number of carbonyl (C=O) groups excluding carboxylic acids is 1. The molecule has 1 aromatic heterocycles. The lowest BCUT2D eigenvalue weighted by Gasteiger charge is -2.09. The summed E-state index contributed by atoms with van der Waals surface area (Å²) in [6, 6.07) is 10.5. The van der Waals surface area contributed by atoms with Gasteiger partial charge in [-0.2, -0.15) is 0 Å². The van der Waals surface area contributed by atoms with Crippen molar-refractivity contribution in [1.29, 1.82) is 0 Å². The lowest BCUT2D eigenvalue weighted by molar-refractivity contribution is -0.113. The molecule has 9 heteroatoms. The Kier molecular flexibility index (Phi) is 6.64. The largest absolute Gasteiger partial charge is 0.507 e. The summed E-state index contributed by atoms with van der Waals surface area (Å²) >= 11 is 10.8. The third-order valence-electron chi connectivity index (χ3n) is 4.02. The van der Waals surface area contributed by atoms with Crippen LogP contribution >= 0.6 is 39.3 Å². The van der Waals surface area contributed by atoms with Crippen molar-refractivity contribution in [2.45, 2.75) is 25.5 Å². The molecule has 3 aromatic rings. The molecule has 146 valence electrons. The number of carbonyl (C=O) groups is 1. The number of halogens is 2. The molecule has 1 heterocycles. The summed E-state index contributed by atoms with van der Waals surface area (Å²) in [6.07, 6.45) is 0.